The number of hydrogen-bond acceptors (Lipinski definition) is 3. The van der Waals surface area contributed by atoms with E-state index in [4.69, 9.17) is 10.5 Å². The Labute approximate surface area is 114 Å². The fourth-order valence-electron chi connectivity index (χ4n) is 1.63. The van der Waals surface area contributed by atoms with E-state index in [1.807, 2.05) is 42.5 Å². The summed E-state index contributed by atoms with van der Waals surface area (Å²) in [5.74, 6) is 0.683. The molecule has 3 N–H and O–H groups in total. The predicted molar refractivity (Wildman–Crippen MR) is 75.3 cm³/mol. The van der Waals surface area contributed by atoms with Crippen LogP contribution in [0.2, 0.25) is 0 Å². The fourth-order valence-corrected chi connectivity index (χ4v) is 2.01. The van der Waals surface area contributed by atoms with E-state index in [0.29, 0.717) is 18.0 Å². The Kier molecular flexibility index (Phi) is 4.23. The number of nitrogens with two attached hydrogens (primary N) is 1. The van der Waals surface area contributed by atoms with Crippen LogP contribution in [0.15, 0.2) is 46.9 Å². The lowest BCUT2D eigenvalue weighted by molar-refractivity contribution is 0.259. The molecule has 0 heterocycles. The van der Waals surface area contributed by atoms with E-state index >= 15 is 0 Å². The lowest BCUT2D eigenvalue weighted by Gasteiger charge is -2.11. The van der Waals surface area contributed by atoms with E-state index < -0.39 is 0 Å². The highest BCUT2D eigenvalue weighted by molar-refractivity contribution is 9.10. The molecule has 0 atom stereocenters. The smallest absolute Gasteiger partial charge is 0.125 e. The molecule has 0 radical (unpaired) electrons. The summed E-state index contributed by atoms with van der Waals surface area (Å²) in [6.45, 7) is 0.349. The van der Waals surface area contributed by atoms with Gasteiger partial charge >= 0.3 is 0 Å². The van der Waals surface area contributed by atoms with Crippen molar-refractivity contribution in [1.82, 2.24) is 0 Å². The number of hydrogen-bond donors (Lipinski definition) is 2. The lowest BCUT2D eigenvalue weighted by Crippen LogP contribution is -2.01. The highest BCUT2D eigenvalue weighted by Gasteiger charge is 2.04. The molecule has 0 aromatic heterocycles. The first-order valence-electron chi connectivity index (χ1n) is 5.56. The minimum Gasteiger partial charge on any atom is -0.488 e. The third-order valence-corrected chi connectivity index (χ3v) is 3.13. The number of halogens is 1. The van der Waals surface area contributed by atoms with Gasteiger partial charge in [-0.25, -0.2) is 0 Å². The second-order valence-corrected chi connectivity index (χ2v) is 4.81. The van der Waals surface area contributed by atoms with Crippen LogP contribution in [-0.4, -0.2) is 5.11 Å². The van der Waals surface area contributed by atoms with Gasteiger partial charge in [0.25, 0.3) is 0 Å². The van der Waals surface area contributed by atoms with Crippen molar-refractivity contribution in [3.05, 3.63) is 58.1 Å². The average Bonchev–Trinajstić information content (AvgIpc) is 2.38. The molecule has 94 valence electrons. The van der Waals surface area contributed by atoms with Crippen molar-refractivity contribution < 1.29 is 9.84 Å². The highest BCUT2D eigenvalue weighted by atomic mass is 79.9. The minimum absolute atomic E-state index is 0.0357. The van der Waals surface area contributed by atoms with E-state index in [0.717, 1.165) is 15.6 Å². The number of rotatable bonds is 4. The van der Waals surface area contributed by atoms with Gasteiger partial charge in [-0.05, 0) is 18.2 Å². The molecule has 0 saturated carbocycles. The zero-order valence-electron chi connectivity index (χ0n) is 9.77. The van der Waals surface area contributed by atoms with Crippen LogP contribution in [-0.2, 0) is 13.2 Å². The third kappa shape index (κ3) is 3.03. The molecule has 18 heavy (non-hydrogen) atoms. The number of aliphatic hydroxyl groups excluding tert-OH is 1. The maximum absolute atomic E-state index is 9.20. The molecule has 3 nitrogen and oxygen atoms in total. The summed E-state index contributed by atoms with van der Waals surface area (Å²) in [5.41, 5.74) is 8.28. The van der Waals surface area contributed by atoms with Gasteiger partial charge in [-0.1, -0.05) is 40.2 Å². The molecule has 0 saturated heterocycles. The first-order chi connectivity index (χ1) is 8.70. The SMILES string of the molecule is Nc1cc(Br)ccc1COc1ccccc1CO. The Hall–Kier alpha value is -1.52. The van der Waals surface area contributed by atoms with Crippen molar-refractivity contribution in [2.45, 2.75) is 13.2 Å². The van der Waals surface area contributed by atoms with Crippen molar-refractivity contribution in [3.63, 3.8) is 0 Å². The van der Waals surface area contributed by atoms with Gasteiger partial charge in [-0.15, -0.1) is 0 Å². The standard InChI is InChI=1S/C14H14BrNO2/c15-12-6-5-11(13(16)7-12)9-18-14-4-2-1-3-10(14)8-17/h1-7,17H,8-9,16H2. The van der Waals surface area contributed by atoms with Crippen molar-refractivity contribution in [2.75, 3.05) is 5.73 Å². The van der Waals surface area contributed by atoms with Gasteiger partial charge in [0.15, 0.2) is 0 Å². The molecule has 0 aliphatic rings. The van der Waals surface area contributed by atoms with Crippen LogP contribution in [0.1, 0.15) is 11.1 Å². The Balaban J connectivity index is 2.11. The number of anilines is 1. The molecular weight excluding hydrogens is 294 g/mol. The highest BCUT2D eigenvalue weighted by Crippen LogP contribution is 2.22. The van der Waals surface area contributed by atoms with Gasteiger partial charge in [0.05, 0.1) is 6.61 Å². The second kappa shape index (κ2) is 5.89. The van der Waals surface area contributed by atoms with Crippen molar-refractivity contribution in [2.24, 2.45) is 0 Å². The van der Waals surface area contributed by atoms with Crippen LogP contribution in [0, 0.1) is 0 Å². The van der Waals surface area contributed by atoms with Gasteiger partial charge in [-0.2, -0.15) is 0 Å². The van der Waals surface area contributed by atoms with Gasteiger partial charge in [0.2, 0.25) is 0 Å². The quantitative estimate of drug-likeness (QED) is 0.853. The van der Waals surface area contributed by atoms with Crippen LogP contribution < -0.4 is 10.5 Å². The van der Waals surface area contributed by atoms with Crippen molar-refractivity contribution in [1.29, 1.82) is 0 Å². The van der Waals surface area contributed by atoms with E-state index in [1.54, 1.807) is 0 Å². The maximum atomic E-state index is 9.20. The van der Waals surface area contributed by atoms with Gasteiger partial charge in [0.1, 0.15) is 12.4 Å². The molecule has 0 fully saturated rings. The monoisotopic (exact) mass is 307 g/mol. The summed E-state index contributed by atoms with van der Waals surface area (Å²) in [6.07, 6.45) is 0. The average molecular weight is 308 g/mol. The molecule has 2 rings (SSSR count). The molecule has 2 aromatic rings. The summed E-state index contributed by atoms with van der Waals surface area (Å²) in [7, 11) is 0. The van der Waals surface area contributed by atoms with E-state index in [2.05, 4.69) is 15.9 Å². The summed E-state index contributed by atoms with van der Waals surface area (Å²) in [6, 6.07) is 13.1. The lowest BCUT2D eigenvalue weighted by atomic mass is 10.2. The zero-order chi connectivity index (χ0) is 13.0. The van der Waals surface area contributed by atoms with E-state index in [9.17, 15) is 5.11 Å². The fraction of sp³-hybridized carbons (Fsp3) is 0.143. The number of para-hydroxylation sites is 1. The number of nitrogen functional groups attached to an aromatic ring is 1. The molecule has 0 unspecified atom stereocenters. The van der Waals surface area contributed by atoms with Crippen LogP contribution in [0.3, 0.4) is 0 Å². The summed E-state index contributed by atoms with van der Waals surface area (Å²) >= 11 is 3.36. The summed E-state index contributed by atoms with van der Waals surface area (Å²) < 4.78 is 6.62. The second-order valence-electron chi connectivity index (χ2n) is 3.90. The molecule has 0 bridgehead atoms. The van der Waals surface area contributed by atoms with Crippen LogP contribution in [0.5, 0.6) is 5.75 Å². The number of aliphatic hydroxyl groups is 1. The molecular formula is C14H14BrNO2. The Morgan fingerprint density at radius 3 is 2.61 bits per heavy atom. The first kappa shape index (κ1) is 12.9. The molecule has 0 aliphatic heterocycles. The predicted octanol–water partition coefficient (Wildman–Crippen LogP) is 3.10. The third-order valence-electron chi connectivity index (χ3n) is 2.63. The number of benzene rings is 2. The van der Waals surface area contributed by atoms with E-state index in [1.165, 1.54) is 0 Å². The Bertz CT molecular complexity index is 543. The number of ether oxygens (including phenoxy) is 1. The van der Waals surface area contributed by atoms with Crippen molar-refractivity contribution in [3.8, 4) is 5.75 Å². The Morgan fingerprint density at radius 1 is 1.11 bits per heavy atom. The van der Waals surface area contributed by atoms with Crippen LogP contribution in [0.25, 0.3) is 0 Å². The summed E-state index contributed by atoms with van der Waals surface area (Å²) in [5, 5.41) is 9.20. The molecule has 4 heteroatoms. The minimum atomic E-state index is -0.0357. The molecule has 2 aromatic carbocycles. The summed E-state index contributed by atoms with van der Waals surface area (Å²) in [4.78, 5) is 0. The van der Waals surface area contributed by atoms with E-state index in [-0.39, 0.29) is 6.61 Å². The largest absolute Gasteiger partial charge is 0.488 e. The topological polar surface area (TPSA) is 55.5 Å². The Morgan fingerprint density at radius 2 is 1.89 bits per heavy atom. The van der Waals surface area contributed by atoms with Crippen molar-refractivity contribution >= 4 is 21.6 Å². The van der Waals surface area contributed by atoms with Crippen LogP contribution >= 0.6 is 15.9 Å². The van der Waals surface area contributed by atoms with Crippen LogP contribution in [0.4, 0.5) is 5.69 Å². The van der Waals surface area contributed by atoms with Gasteiger partial charge in [0, 0.05) is 21.3 Å². The molecule has 0 amide bonds. The normalized spacial score (nSPS) is 10.3. The zero-order valence-corrected chi connectivity index (χ0v) is 11.4. The molecule has 0 spiro atoms. The van der Waals surface area contributed by atoms with Gasteiger partial charge in [-0.3, -0.25) is 0 Å². The first-order valence-corrected chi connectivity index (χ1v) is 6.35. The van der Waals surface area contributed by atoms with Gasteiger partial charge < -0.3 is 15.6 Å². The maximum Gasteiger partial charge on any atom is 0.125 e. The molecule has 0 aliphatic carbocycles.